The van der Waals surface area contributed by atoms with Gasteiger partial charge in [0.05, 0.1) is 17.6 Å². The highest BCUT2D eigenvalue weighted by molar-refractivity contribution is 7.89. The Morgan fingerprint density at radius 3 is 2.10 bits per heavy atom. The van der Waals surface area contributed by atoms with Gasteiger partial charge >= 0.3 is 5.97 Å². The van der Waals surface area contributed by atoms with Crippen molar-refractivity contribution in [1.29, 1.82) is 0 Å². The molecular weight excluding hydrogens is 548 g/mol. The number of benzene rings is 3. The summed E-state index contributed by atoms with van der Waals surface area (Å²) >= 11 is 0. The van der Waals surface area contributed by atoms with Gasteiger partial charge in [0.15, 0.2) is 11.5 Å². The first-order chi connectivity index (χ1) is 19.2. The lowest BCUT2D eigenvalue weighted by atomic mass is 9.92. The molecule has 0 spiro atoms. The van der Waals surface area contributed by atoms with Gasteiger partial charge in [-0.15, -0.1) is 0 Å². The topological polar surface area (TPSA) is 162 Å². The molecule has 11 heteroatoms. The van der Waals surface area contributed by atoms with Crippen LogP contribution in [-0.4, -0.2) is 48.8 Å². The normalized spacial score (nSPS) is 12.4. The van der Waals surface area contributed by atoms with Gasteiger partial charge in [-0.25, -0.2) is 8.42 Å². The summed E-state index contributed by atoms with van der Waals surface area (Å²) in [5.74, 6) is -3.39. The monoisotopic (exact) mass is 584 g/mol. The SMILES string of the molecule is COC(=O)C(CC(C)C)NS(=O)(=O)c1ccc(NC(=O)c2cc(Cc3ccccc3C(C)C)c(O)c(O)c2O)cc1. The molecule has 220 valence electrons. The van der Waals surface area contributed by atoms with Crippen molar-refractivity contribution in [2.45, 2.75) is 57.4 Å². The second kappa shape index (κ2) is 13.0. The van der Waals surface area contributed by atoms with Crippen LogP contribution in [-0.2, 0) is 26.0 Å². The van der Waals surface area contributed by atoms with Gasteiger partial charge in [-0.05, 0) is 59.7 Å². The molecule has 5 N–H and O–H groups in total. The largest absolute Gasteiger partial charge is 0.504 e. The van der Waals surface area contributed by atoms with Gasteiger partial charge in [-0.3, -0.25) is 9.59 Å². The summed E-state index contributed by atoms with van der Waals surface area (Å²) in [5, 5.41) is 33.8. The molecule has 41 heavy (non-hydrogen) atoms. The van der Waals surface area contributed by atoms with Crippen molar-refractivity contribution in [3.8, 4) is 17.2 Å². The Morgan fingerprint density at radius 1 is 0.878 bits per heavy atom. The second-order valence-corrected chi connectivity index (χ2v) is 12.2. The number of anilines is 1. The Morgan fingerprint density at radius 2 is 1.51 bits per heavy atom. The maximum atomic E-state index is 13.1. The number of nitrogens with one attached hydrogen (secondary N) is 2. The molecular formula is C30H36N2O8S. The van der Waals surface area contributed by atoms with E-state index in [4.69, 9.17) is 4.74 Å². The van der Waals surface area contributed by atoms with E-state index in [9.17, 15) is 33.3 Å². The lowest BCUT2D eigenvalue weighted by Gasteiger charge is -2.18. The Hall–Kier alpha value is -4.09. The molecule has 0 saturated heterocycles. The van der Waals surface area contributed by atoms with Gasteiger partial charge in [-0.2, -0.15) is 4.72 Å². The number of carbonyl (C=O) groups is 2. The van der Waals surface area contributed by atoms with Gasteiger partial charge < -0.3 is 25.4 Å². The van der Waals surface area contributed by atoms with Crippen LogP contribution in [0.25, 0.3) is 0 Å². The van der Waals surface area contributed by atoms with Crippen molar-refractivity contribution in [1.82, 2.24) is 4.72 Å². The molecule has 1 atom stereocenters. The maximum absolute atomic E-state index is 13.1. The van der Waals surface area contributed by atoms with Crippen LogP contribution < -0.4 is 10.0 Å². The molecule has 3 aromatic rings. The van der Waals surface area contributed by atoms with Gasteiger partial charge in [0, 0.05) is 17.7 Å². The molecule has 0 heterocycles. The zero-order valence-corrected chi connectivity index (χ0v) is 24.5. The van der Waals surface area contributed by atoms with Crippen molar-refractivity contribution >= 4 is 27.6 Å². The highest BCUT2D eigenvalue weighted by Crippen LogP contribution is 2.42. The van der Waals surface area contributed by atoms with E-state index in [0.717, 1.165) is 11.1 Å². The summed E-state index contributed by atoms with van der Waals surface area (Å²) in [6.07, 6.45) is 0.450. The number of sulfonamides is 1. The summed E-state index contributed by atoms with van der Waals surface area (Å²) < 4.78 is 32.8. The van der Waals surface area contributed by atoms with Crippen LogP contribution >= 0.6 is 0 Å². The number of aromatic hydroxyl groups is 3. The molecule has 0 aliphatic carbocycles. The Bertz CT molecular complexity index is 1520. The molecule has 3 aromatic carbocycles. The summed E-state index contributed by atoms with van der Waals surface area (Å²) in [7, 11) is -2.90. The minimum absolute atomic E-state index is 0.0283. The first-order valence-corrected chi connectivity index (χ1v) is 14.6. The maximum Gasteiger partial charge on any atom is 0.323 e. The minimum Gasteiger partial charge on any atom is -0.504 e. The van der Waals surface area contributed by atoms with Crippen LogP contribution in [0.4, 0.5) is 5.69 Å². The quantitative estimate of drug-likeness (QED) is 0.161. The van der Waals surface area contributed by atoms with Crippen molar-refractivity contribution in [2.24, 2.45) is 5.92 Å². The van der Waals surface area contributed by atoms with Crippen LogP contribution in [0.5, 0.6) is 17.2 Å². The molecule has 0 saturated carbocycles. The number of phenolic OH excluding ortho intramolecular Hbond substituents is 3. The first kappa shape index (κ1) is 31.4. The molecule has 0 radical (unpaired) electrons. The number of methoxy groups -OCH3 is 1. The Balaban J connectivity index is 1.83. The minimum atomic E-state index is -4.08. The fourth-order valence-corrected chi connectivity index (χ4v) is 5.65. The molecule has 10 nitrogen and oxygen atoms in total. The number of phenols is 3. The van der Waals surface area contributed by atoms with Gasteiger partial charge in [0.2, 0.25) is 15.8 Å². The smallest absolute Gasteiger partial charge is 0.323 e. The number of hydrogen-bond acceptors (Lipinski definition) is 8. The van der Waals surface area contributed by atoms with E-state index in [0.29, 0.717) is 0 Å². The van der Waals surface area contributed by atoms with E-state index < -0.39 is 45.2 Å². The first-order valence-electron chi connectivity index (χ1n) is 13.1. The van der Waals surface area contributed by atoms with E-state index in [1.807, 2.05) is 52.0 Å². The van der Waals surface area contributed by atoms with Crippen LogP contribution in [0.1, 0.15) is 67.1 Å². The van der Waals surface area contributed by atoms with E-state index in [-0.39, 0.29) is 46.4 Å². The van der Waals surface area contributed by atoms with Crippen LogP contribution in [0.15, 0.2) is 59.5 Å². The zero-order valence-electron chi connectivity index (χ0n) is 23.6. The third kappa shape index (κ3) is 7.56. The average Bonchev–Trinajstić information content (AvgIpc) is 2.92. The van der Waals surface area contributed by atoms with E-state index >= 15 is 0 Å². The van der Waals surface area contributed by atoms with Gasteiger partial charge in [-0.1, -0.05) is 52.0 Å². The Labute approximate surface area is 240 Å². The average molecular weight is 585 g/mol. The predicted octanol–water partition coefficient (Wildman–Crippen LogP) is 4.64. The molecule has 3 rings (SSSR count). The van der Waals surface area contributed by atoms with Gasteiger partial charge in [0.1, 0.15) is 6.04 Å². The fourth-order valence-electron chi connectivity index (χ4n) is 4.45. The lowest BCUT2D eigenvalue weighted by molar-refractivity contribution is -0.143. The highest BCUT2D eigenvalue weighted by atomic mass is 32.2. The molecule has 0 aliphatic rings. The molecule has 1 unspecified atom stereocenters. The van der Waals surface area contributed by atoms with Crippen molar-refractivity contribution in [3.63, 3.8) is 0 Å². The number of hydrogen-bond donors (Lipinski definition) is 5. The second-order valence-electron chi connectivity index (χ2n) is 10.5. The number of carbonyl (C=O) groups excluding carboxylic acids is 2. The third-order valence-corrected chi connectivity index (χ3v) is 8.03. The number of ether oxygens (including phenoxy) is 1. The molecule has 1 amide bonds. The number of rotatable bonds is 11. The standard InChI is InChI=1S/C30H36N2O8S/c1-17(2)14-25(30(37)40-5)32-41(38,39)22-12-10-21(11-13-22)31-29(36)24-16-20(26(33)28(35)27(24)34)15-19-8-6-7-9-23(19)18(3)4/h6-13,16-18,25,32-35H,14-15H2,1-5H3,(H,31,36). The third-order valence-electron chi connectivity index (χ3n) is 6.54. The highest BCUT2D eigenvalue weighted by Gasteiger charge is 2.27. The molecule has 0 fully saturated rings. The van der Waals surface area contributed by atoms with E-state index in [1.54, 1.807) is 0 Å². The molecule has 0 bridgehead atoms. The van der Waals surface area contributed by atoms with Crippen LogP contribution in [0, 0.1) is 5.92 Å². The summed E-state index contributed by atoms with van der Waals surface area (Å²) in [5.41, 5.74) is 2.11. The number of esters is 1. The summed E-state index contributed by atoms with van der Waals surface area (Å²) in [6.45, 7) is 7.75. The number of amides is 1. The van der Waals surface area contributed by atoms with E-state index in [1.165, 1.54) is 37.4 Å². The van der Waals surface area contributed by atoms with Gasteiger partial charge in [0.25, 0.3) is 5.91 Å². The molecule has 0 aromatic heterocycles. The van der Waals surface area contributed by atoms with Crippen molar-refractivity contribution in [2.75, 3.05) is 12.4 Å². The molecule has 0 aliphatic heterocycles. The van der Waals surface area contributed by atoms with Crippen molar-refractivity contribution in [3.05, 3.63) is 76.9 Å². The van der Waals surface area contributed by atoms with Crippen LogP contribution in [0.3, 0.4) is 0 Å². The lowest BCUT2D eigenvalue weighted by Crippen LogP contribution is -2.42. The summed E-state index contributed by atoms with van der Waals surface area (Å²) in [4.78, 5) is 25.0. The van der Waals surface area contributed by atoms with E-state index in [2.05, 4.69) is 10.0 Å². The van der Waals surface area contributed by atoms with Crippen LogP contribution in [0.2, 0.25) is 0 Å². The Kier molecular flexibility index (Phi) is 10.0. The predicted molar refractivity (Wildman–Crippen MR) is 155 cm³/mol. The fraction of sp³-hybridized carbons (Fsp3) is 0.333. The zero-order chi connectivity index (χ0) is 30.5. The van der Waals surface area contributed by atoms with Crippen molar-refractivity contribution < 1.29 is 38.1 Å². The summed E-state index contributed by atoms with van der Waals surface area (Å²) in [6, 6.07) is 13.1.